The van der Waals surface area contributed by atoms with E-state index >= 15 is 0 Å². The van der Waals surface area contributed by atoms with Crippen molar-refractivity contribution in [3.63, 3.8) is 0 Å². The van der Waals surface area contributed by atoms with Gasteiger partial charge in [0.05, 0.1) is 19.8 Å². The monoisotopic (exact) mass is 299 g/mol. The SMILES string of the molecule is CCOc1cc([C@H](N)c2ccsc2)ccc1OC.Cl. The summed E-state index contributed by atoms with van der Waals surface area (Å²) in [7, 11) is 1.64. The molecule has 0 aliphatic carbocycles. The lowest BCUT2D eigenvalue weighted by molar-refractivity contribution is 0.310. The van der Waals surface area contributed by atoms with Gasteiger partial charge in [-0.2, -0.15) is 11.3 Å². The Labute approximate surface area is 123 Å². The molecule has 0 amide bonds. The van der Waals surface area contributed by atoms with Gasteiger partial charge in [-0.15, -0.1) is 12.4 Å². The highest BCUT2D eigenvalue weighted by atomic mass is 35.5. The van der Waals surface area contributed by atoms with E-state index in [1.165, 1.54) is 0 Å². The molecule has 0 spiro atoms. The van der Waals surface area contributed by atoms with E-state index in [4.69, 9.17) is 15.2 Å². The molecule has 1 aromatic heterocycles. The van der Waals surface area contributed by atoms with Crippen LogP contribution in [-0.4, -0.2) is 13.7 Å². The summed E-state index contributed by atoms with van der Waals surface area (Å²) in [5, 5.41) is 4.09. The molecular weight excluding hydrogens is 282 g/mol. The molecule has 3 nitrogen and oxygen atoms in total. The minimum absolute atomic E-state index is 0. The van der Waals surface area contributed by atoms with Gasteiger partial charge in [-0.25, -0.2) is 0 Å². The lowest BCUT2D eigenvalue weighted by Crippen LogP contribution is -2.11. The van der Waals surface area contributed by atoms with E-state index in [9.17, 15) is 0 Å². The molecule has 2 rings (SSSR count). The minimum atomic E-state index is -0.124. The molecule has 104 valence electrons. The van der Waals surface area contributed by atoms with Crippen molar-refractivity contribution in [2.75, 3.05) is 13.7 Å². The fourth-order valence-corrected chi connectivity index (χ4v) is 2.50. The van der Waals surface area contributed by atoms with Crippen LogP contribution in [0.2, 0.25) is 0 Å². The van der Waals surface area contributed by atoms with Crippen molar-refractivity contribution >= 4 is 23.7 Å². The van der Waals surface area contributed by atoms with Crippen molar-refractivity contribution in [2.45, 2.75) is 13.0 Å². The number of ether oxygens (including phenoxy) is 2. The molecule has 19 heavy (non-hydrogen) atoms. The zero-order valence-corrected chi connectivity index (χ0v) is 12.6. The first kappa shape index (κ1) is 15.8. The number of halogens is 1. The van der Waals surface area contributed by atoms with E-state index < -0.39 is 0 Å². The zero-order chi connectivity index (χ0) is 13.0. The first-order valence-electron chi connectivity index (χ1n) is 5.84. The van der Waals surface area contributed by atoms with Gasteiger partial charge in [0, 0.05) is 0 Å². The third-order valence-electron chi connectivity index (χ3n) is 2.75. The fourth-order valence-electron chi connectivity index (χ4n) is 1.80. The maximum absolute atomic E-state index is 6.23. The predicted molar refractivity (Wildman–Crippen MR) is 81.8 cm³/mol. The van der Waals surface area contributed by atoms with E-state index in [0.29, 0.717) is 6.61 Å². The minimum Gasteiger partial charge on any atom is -0.493 e. The Morgan fingerprint density at radius 2 is 2.00 bits per heavy atom. The Morgan fingerprint density at radius 1 is 1.21 bits per heavy atom. The van der Waals surface area contributed by atoms with Gasteiger partial charge in [-0.3, -0.25) is 0 Å². The molecule has 0 aliphatic rings. The van der Waals surface area contributed by atoms with E-state index in [2.05, 4.69) is 5.38 Å². The summed E-state index contributed by atoms with van der Waals surface area (Å²) < 4.78 is 10.8. The highest BCUT2D eigenvalue weighted by Crippen LogP contribution is 2.32. The Balaban J connectivity index is 0.00000180. The van der Waals surface area contributed by atoms with Crippen LogP contribution >= 0.6 is 23.7 Å². The fraction of sp³-hybridized carbons (Fsp3) is 0.286. The smallest absolute Gasteiger partial charge is 0.161 e. The Morgan fingerprint density at radius 3 is 2.58 bits per heavy atom. The molecule has 0 aliphatic heterocycles. The molecule has 0 bridgehead atoms. The third kappa shape index (κ3) is 3.62. The van der Waals surface area contributed by atoms with Gasteiger partial charge >= 0.3 is 0 Å². The molecule has 1 heterocycles. The quantitative estimate of drug-likeness (QED) is 0.917. The highest BCUT2D eigenvalue weighted by molar-refractivity contribution is 7.08. The summed E-state index contributed by atoms with van der Waals surface area (Å²) in [6.07, 6.45) is 0. The van der Waals surface area contributed by atoms with Gasteiger partial charge in [-0.05, 0) is 47.0 Å². The topological polar surface area (TPSA) is 44.5 Å². The van der Waals surface area contributed by atoms with Crippen LogP contribution in [-0.2, 0) is 0 Å². The van der Waals surface area contributed by atoms with Gasteiger partial charge in [0.15, 0.2) is 11.5 Å². The zero-order valence-electron chi connectivity index (χ0n) is 11.0. The maximum atomic E-state index is 6.23. The van der Waals surface area contributed by atoms with Gasteiger partial charge in [0.2, 0.25) is 0 Å². The van der Waals surface area contributed by atoms with Gasteiger partial charge in [-0.1, -0.05) is 6.07 Å². The lowest BCUT2D eigenvalue weighted by Gasteiger charge is -2.14. The second kappa shape index (κ2) is 7.38. The predicted octanol–water partition coefficient (Wildman–Crippen LogP) is 3.63. The van der Waals surface area contributed by atoms with E-state index in [1.54, 1.807) is 18.4 Å². The van der Waals surface area contributed by atoms with Crippen LogP contribution in [0.3, 0.4) is 0 Å². The van der Waals surface area contributed by atoms with Crippen molar-refractivity contribution in [2.24, 2.45) is 5.73 Å². The molecule has 1 atom stereocenters. The molecule has 0 radical (unpaired) electrons. The van der Waals surface area contributed by atoms with Gasteiger partial charge < -0.3 is 15.2 Å². The summed E-state index contributed by atoms with van der Waals surface area (Å²) in [5.41, 5.74) is 8.37. The number of thiophene rings is 1. The van der Waals surface area contributed by atoms with Gasteiger partial charge in [0.1, 0.15) is 0 Å². The van der Waals surface area contributed by atoms with Crippen molar-refractivity contribution < 1.29 is 9.47 Å². The van der Waals surface area contributed by atoms with E-state index in [0.717, 1.165) is 22.6 Å². The maximum Gasteiger partial charge on any atom is 0.161 e. The second-order valence-corrected chi connectivity index (χ2v) is 4.66. The Hall–Kier alpha value is -1.23. The molecule has 1 aromatic carbocycles. The largest absolute Gasteiger partial charge is 0.493 e. The van der Waals surface area contributed by atoms with Crippen LogP contribution in [0.1, 0.15) is 24.1 Å². The molecule has 2 aromatic rings. The third-order valence-corrected chi connectivity index (χ3v) is 3.45. The molecular formula is C14H18ClNO2S. The van der Waals surface area contributed by atoms with Crippen molar-refractivity contribution in [1.29, 1.82) is 0 Å². The molecule has 0 saturated carbocycles. The van der Waals surface area contributed by atoms with Crippen LogP contribution in [0, 0.1) is 0 Å². The number of methoxy groups -OCH3 is 1. The van der Waals surface area contributed by atoms with Crippen LogP contribution in [0.5, 0.6) is 11.5 Å². The molecule has 0 saturated heterocycles. The van der Waals surface area contributed by atoms with Crippen LogP contribution in [0.4, 0.5) is 0 Å². The normalized spacial score (nSPS) is 11.5. The first-order valence-corrected chi connectivity index (χ1v) is 6.79. The Bertz CT molecular complexity index is 502. The highest BCUT2D eigenvalue weighted by Gasteiger charge is 2.12. The average molecular weight is 300 g/mol. The summed E-state index contributed by atoms with van der Waals surface area (Å²) >= 11 is 1.65. The Kier molecular flexibility index (Phi) is 6.15. The first-order chi connectivity index (χ1) is 8.76. The average Bonchev–Trinajstić information content (AvgIpc) is 2.92. The number of hydrogen-bond acceptors (Lipinski definition) is 4. The molecule has 0 fully saturated rings. The van der Waals surface area contributed by atoms with Crippen molar-refractivity contribution in [3.05, 3.63) is 46.2 Å². The second-order valence-electron chi connectivity index (χ2n) is 3.88. The van der Waals surface area contributed by atoms with Crippen LogP contribution < -0.4 is 15.2 Å². The summed E-state index contributed by atoms with van der Waals surface area (Å²) in [6, 6.07) is 7.74. The number of rotatable bonds is 5. The summed E-state index contributed by atoms with van der Waals surface area (Å²) in [4.78, 5) is 0. The van der Waals surface area contributed by atoms with Crippen LogP contribution in [0.25, 0.3) is 0 Å². The van der Waals surface area contributed by atoms with E-state index in [-0.39, 0.29) is 18.4 Å². The van der Waals surface area contributed by atoms with Crippen LogP contribution in [0.15, 0.2) is 35.0 Å². The standard InChI is InChI=1S/C14H17NO2S.ClH/c1-3-17-13-8-10(4-5-12(13)16-2)14(15)11-6-7-18-9-11;/h4-9,14H,3,15H2,1-2H3;1H/t14-;/m0./s1. The number of nitrogens with two attached hydrogens (primary N) is 1. The van der Waals surface area contributed by atoms with Crippen molar-refractivity contribution in [3.8, 4) is 11.5 Å². The molecule has 0 unspecified atom stereocenters. The summed E-state index contributed by atoms with van der Waals surface area (Å²) in [5.74, 6) is 1.47. The number of hydrogen-bond donors (Lipinski definition) is 1. The van der Waals surface area contributed by atoms with Gasteiger partial charge in [0.25, 0.3) is 0 Å². The summed E-state index contributed by atoms with van der Waals surface area (Å²) in [6.45, 7) is 2.55. The van der Waals surface area contributed by atoms with E-state index in [1.807, 2.05) is 36.6 Å². The lowest BCUT2D eigenvalue weighted by atomic mass is 10.0. The molecule has 2 N–H and O–H groups in total. The number of benzene rings is 1. The van der Waals surface area contributed by atoms with Crippen molar-refractivity contribution in [1.82, 2.24) is 0 Å². The molecule has 5 heteroatoms.